The first-order valence-corrected chi connectivity index (χ1v) is 5.40. The number of halogens is 1. The van der Waals surface area contributed by atoms with Crippen molar-refractivity contribution in [2.45, 2.75) is 13.5 Å². The number of aliphatic imine (C=N–C) groups is 1. The Morgan fingerprint density at radius 3 is 2.88 bits per heavy atom. The van der Waals surface area contributed by atoms with E-state index in [0.29, 0.717) is 17.5 Å². The van der Waals surface area contributed by atoms with Crippen LogP contribution in [-0.2, 0) is 6.54 Å². The highest BCUT2D eigenvalue weighted by atomic mass is 35.5. The van der Waals surface area contributed by atoms with E-state index >= 15 is 0 Å². The fourth-order valence-electron chi connectivity index (χ4n) is 1.27. The minimum atomic E-state index is 0.474. The van der Waals surface area contributed by atoms with Gasteiger partial charge in [0, 0.05) is 19.3 Å². The molecule has 4 heteroatoms. The lowest BCUT2D eigenvalue weighted by Gasteiger charge is -2.07. The van der Waals surface area contributed by atoms with Crippen LogP contribution in [0, 0.1) is 0 Å². The lowest BCUT2D eigenvalue weighted by Crippen LogP contribution is -2.11. The van der Waals surface area contributed by atoms with Crippen LogP contribution in [0.3, 0.4) is 0 Å². The molecule has 0 aliphatic heterocycles. The molecule has 0 saturated carbocycles. The van der Waals surface area contributed by atoms with Gasteiger partial charge >= 0.3 is 0 Å². The van der Waals surface area contributed by atoms with Gasteiger partial charge in [0.25, 0.3) is 0 Å². The summed E-state index contributed by atoms with van der Waals surface area (Å²) < 4.78 is 0. The maximum absolute atomic E-state index is 5.64. The van der Waals surface area contributed by atoms with E-state index in [1.807, 2.05) is 25.2 Å². The van der Waals surface area contributed by atoms with Crippen molar-refractivity contribution in [1.29, 1.82) is 0 Å². The Morgan fingerprint density at radius 1 is 1.50 bits per heavy atom. The van der Waals surface area contributed by atoms with Crippen LogP contribution in [0.5, 0.6) is 0 Å². The van der Waals surface area contributed by atoms with Gasteiger partial charge in [0.2, 0.25) is 0 Å². The van der Waals surface area contributed by atoms with E-state index in [0.717, 1.165) is 11.3 Å². The molecule has 0 amide bonds. The first kappa shape index (κ1) is 12.6. The van der Waals surface area contributed by atoms with Crippen molar-refractivity contribution >= 4 is 22.5 Å². The van der Waals surface area contributed by atoms with Gasteiger partial charge in [-0.3, -0.25) is 0 Å². The van der Waals surface area contributed by atoms with Crippen molar-refractivity contribution in [2.24, 2.45) is 4.99 Å². The van der Waals surface area contributed by atoms with Crippen molar-refractivity contribution in [2.75, 3.05) is 12.4 Å². The van der Waals surface area contributed by atoms with Gasteiger partial charge in [-0.25, -0.2) is 4.99 Å². The molecule has 0 aromatic heterocycles. The normalized spacial score (nSPS) is 11.1. The molecule has 0 aliphatic rings. The summed E-state index contributed by atoms with van der Waals surface area (Å²) in [5.74, 6) is 0.572. The van der Waals surface area contributed by atoms with Gasteiger partial charge in [-0.2, -0.15) is 0 Å². The van der Waals surface area contributed by atoms with Crippen LogP contribution in [0.25, 0.3) is 0 Å². The summed E-state index contributed by atoms with van der Waals surface area (Å²) >= 11 is 5.64. The fourth-order valence-corrected chi connectivity index (χ4v) is 1.37. The molecule has 3 nitrogen and oxygen atoms in total. The van der Waals surface area contributed by atoms with Gasteiger partial charge in [-0.15, -0.1) is 0 Å². The third kappa shape index (κ3) is 4.36. The molecule has 16 heavy (non-hydrogen) atoms. The number of nitrogens with zero attached hydrogens (tertiary/aromatic N) is 1. The number of hydrogen-bond acceptors (Lipinski definition) is 3. The highest BCUT2D eigenvalue weighted by molar-refractivity contribution is 6.64. The van der Waals surface area contributed by atoms with Crippen LogP contribution in [0.15, 0.2) is 41.7 Å². The van der Waals surface area contributed by atoms with Crippen molar-refractivity contribution in [3.63, 3.8) is 0 Å². The summed E-state index contributed by atoms with van der Waals surface area (Å²) in [6, 6.07) is 8.12. The molecule has 0 radical (unpaired) electrons. The van der Waals surface area contributed by atoms with E-state index in [-0.39, 0.29) is 0 Å². The molecule has 0 heterocycles. The standard InChI is InChI=1S/C12H16ClN3/c1-9(13)16-10(2)15-8-11-5-4-6-12(7-11)14-3/h4-7,14-15H,2,8H2,1,3H3. The van der Waals surface area contributed by atoms with Crippen LogP contribution in [0.2, 0.25) is 0 Å². The third-order valence-corrected chi connectivity index (χ3v) is 2.09. The first-order valence-electron chi connectivity index (χ1n) is 5.02. The monoisotopic (exact) mass is 237 g/mol. The SMILES string of the molecule is C=C(N=C(C)Cl)NCc1cccc(NC)c1. The van der Waals surface area contributed by atoms with E-state index in [2.05, 4.69) is 28.3 Å². The van der Waals surface area contributed by atoms with Gasteiger partial charge in [0.1, 0.15) is 11.0 Å². The maximum atomic E-state index is 5.64. The van der Waals surface area contributed by atoms with E-state index in [1.165, 1.54) is 0 Å². The Labute approximate surface area is 101 Å². The minimum absolute atomic E-state index is 0.474. The smallest absolute Gasteiger partial charge is 0.120 e. The largest absolute Gasteiger partial charge is 0.388 e. The molecular weight excluding hydrogens is 222 g/mol. The van der Waals surface area contributed by atoms with Crippen molar-refractivity contribution in [3.05, 3.63) is 42.2 Å². The average Bonchev–Trinajstić information content (AvgIpc) is 2.26. The van der Waals surface area contributed by atoms with Crippen molar-refractivity contribution < 1.29 is 0 Å². The van der Waals surface area contributed by atoms with E-state index < -0.39 is 0 Å². The molecule has 1 aromatic rings. The summed E-state index contributed by atoms with van der Waals surface area (Å²) in [7, 11) is 1.90. The van der Waals surface area contributed by atoms with Crippen LogP contribution in [0.1, 0.15) is 12.5 Å². The Hall–Kier alpha value is -1.48. The number of nitrogens with one attached hydrogen (secondary N) is 2. The highest BCUT2D eigenvalue weighted by Gasteiger charge is 1.95. The van der Waals surface area contributed by atoms with Crippen LogP contribution >= 0.6 is 11.6 Å². The molecule has 1 aromatic carbocycles. The second-order valence-electron chi connectivity index (χ2n) is 3.36. The lowest BCUT2D eigenvalue weighted by atomic mass is 10.2. The molecule has 0 aliphatic carbocycles. The Morgan fingerprint density at radius 2 is 2.25 bits per heavy atom. The summed E-state index contributed by atoms with van der Waals surface area (Å²) in [6.45, 7) is 6.15. The fraction of sp³-hybridized carbons (Fsp3) is 0.250. The third-order valence-electron chi connectivity index (χ3n) is 2.00. The Balaban J connectivity index is 2.54. The number of rotatable bonds is 5. The Bertz CT molecular complexity index is 395. The van der Waals surface area contributed by atoms with Gasteiger partial charge in [-0.05, 0) is 24.6 Å². The predicted molar refractivity (Wildman–Crippen MR) is 70.9 cm³/mol. The zero-order valence-corrected chi connectivity index (χ0v) is 10.3. The van der Waals surface area contributed by atoms with E-state index in [1.54, 1.807) is 6.92 Å². The summed E-state index contributed by atoms with van der Waals surface area (Å²) in [5.41, 5.74) is 2.25. The molecule has 0 bridgehead atoms. The van der Waals surface area contributed by atoms with E-state index in [4.69, 9.17) is 11.6 Å². The highest BCUT2D eigenvalue weighted by Crippen LogP contribution is 2.09. The van der Waals surface area contributed by atoms with Crippen molar-refractivity contribution in [3.8, 4) is 0 Å². The van der Waals surface area contributed by atoms with Gasteiger partial charge in [-0.1, -0.05) is 30.3 Å². The Kier molecular flexibility index (Phi) is 4.86. The maximum Gasteiger partial charge on any atom is 0.120 e. The molecular formula is C12H16ClN3. The van der Waals surface area contributed by atoms with Gasteiger partial charge < -0.3 is 10.6 Å². The van der Waals surface area contributed by atoms with Crippen LogP contribution in [-0.4, -0.2) is 12.2 Å². The van der Waals surface area contributed by atoms with Crippen molar-refractivity contribution in [1.82, 2.24) is 5.32 Å². The lowest BCUT2D eigenvalue weighted by molar-refractivity contribution is 0.805. The summed E-state index contributed by atoms with van der Waals surface area (Å²) in [5, 5.41) is 6.65. The zero-order chi connectivity index (χ0) is 12.0. The summed E-state index contributed by atoms with van der Waals surface area (Å²) in [4.78, 5) is 4.00. The van der Waals surface area contributed by atoms with Gasteiger partial charge in [0.15, 0.2) is 0 Å². The molecule has 0 atom stereocenters. The average molecular weight is 238 g/mol. The number of hydrogen-bond donors (Lipinski definition) is 2. The van der Waals surface area contributed by atoms with E-state index in [9.17, 15) is 0 Å². The first-order chi connectivity index (χ1) is 7.61. The molecule has 1 rings (SSSR count). The second-order valence-corrected chi connectivity index (χ2v) is 3.91. The summed E-state index contributed by atoms with van der Waals surface area (Å²) in [6.07, 6.45) is 0. The number of benzene rings is 1. The van der Waals surface area contributed by atoms with Crippen LogP contribution < -0.4 is 10.6 Å². The minimum Gasteiger partial charge on any atom is -0.388 e. The molecule has 0 fully saturated rings. The predicted octanol–water partition coefficient (Wildman–Crippen LogP) is 2.95. The molecule has 0 spiro atoms. The molecule has 86 valence electrons. The molecule has 0 saturated heterocycles. The van der Waals surface area contributed by atoms with Crippen LogP contribution in [0.4, 0.5) is 5.69 Å². The quantitative estimate of drug-likeness (QED) is 0.773. The van der Waals surface area contributed by atoms with Gasteiger partial charge in [0.05, 0.1) is 0 Å². The number of anilines is 1. The zero-order valence-electron chi connectivity index (χ0n) is 9.55. The molecule has 0 unspecified atom stereocenters. The second kappa shape index (κ2) is 6.18. The molecule has 2 N–H and O–H groups in total. The topological polar surface area (TPSA) is 36.4 Å².